The molecule has 3 aromatic rings. The number of hydrogen-bond donors (Lipinski definition) is 0. The summed E-state index contributed by atoms with van der Waals surface area (Å²) >= 11 is 6.02. The van der Waals surface area contributed by atoms with E-state index in [2.05, 4.69) is 4.98 Å². The number of aryl methyl sites for hydroxylation is 2. The van der Waals surface area contributed by atoms with Gasteiger partial charge in [0, 0.05) is 23.8 Å². The van der Waals surface area contributed by atoms with Crippen LogP contribution < -0.4 is 16.0 Å². The molecule has 0 spiro atoms. The zero-order chi connectivity index (χ0) is 18.8. The van der Waals surface area contributed by atoms with Crippen LogP contribution in [0.5, 0.6) is 5.75 Å². The minimum atomic E-state index is -0.429. The van der Waals surface area contributed by atoms with Crippen molar-refractivity contribution in [3.63, 3.8) is 0 Å². The number of ether oxygens (including phenoxy) is 1. The zero-order valence-electron chi connectivity index (χ0n) is 15.0. The number of nitrogens with zero attached hydrogens (tertiary/aromatic N) is 3. The van der Waals surface area contributed by atoms with Gasteiger partial charge in [-0.25, -0.2) is 9.78 Å². The molecule has 0 fully saturated rings. The lowest BCUT2D eigenvalue weighted by Gasteiger charge is -2.15. The first-order chi connectivity index (χ1) is 12.5. The van der Waals surface area contributed by atoms with Crippen molar-refractivity contribution in [1.29, 1.82) is 0 Å². The second kappa shape index (κ2) is 7.33. The van der Waals surface area contributed by atoms with Crippen molar-refractivity contribution in [3.05, 3.63) is 67.4 Å². The molecule has 0 aliphatic heterocycles. The topological polar surface area (TPSA) is 66.1 Å². The van der Waals surface area contributed by atoms with E-state index in [0.29, 0.717) is 34.8 Å². The van der Waals surface area contributed by atoms with E-state index in [1.165, 1.54) is 9.13 Å². The van der Waals surface area contributed by atoms with Crippen LogP contribution in [0, 0.1) is 0 Å². The molecule has 26 heavy (non-hydrogen) atoms. The highest BCUT2D eigenvalue weighted by molar-refractivity contribution is 6.30. The zero-order valence-corrected chi connectivity index (χ0v) is 15.7. The minimum Gasteiger partial charge on any atom is -0.493 e. The Hall–Kier alpha value is -2.60. The number of rotatable bonds is 5. The van der Waals surface area contributed by atoms with Gasteiger partial charge in [0.05, 0.1) is 13.2 Å². The Bertz CT molecular complexity index is 1090. The van der Waals surface area contributed by atoms with Gasteiger partial charge in [0.15, 0.2) is 5.65 Å². The first-order valence-corrected chi connectivity index (χ1v) is 8.84. The predicted molar refractivity (Wildman–Crippen MR) is 102 cm³/mol. The third kappa shape index (κ3) is 3.12. The molecule has 6 nitrogen and oxygen atoms in total. The van der Waals surface area contributed by atoms with Crippen molar-refractivity contribution in [2.45, 2.75) is 26.8 Å². The van der Waals surface area contributed by atoms with Gasteiger partial charge in [0.2, 0.25) is 0 Å². The van der Waals surface area contributed by atoms with E-state index >= 15 is 0 Å². The quantitative estimate of drug-likeness (QED) is 0.689. The molecule has 0 aliphatic rings. The molecule has 0 amide bonds. The fourth-order valence-electron chi connectivity index (χ4n) is 2.98. The minimum absolute atomic E-state index is 0.129. The molecule has 2 heterocycles. The molecule has 0 saturated carbocycles. The lowest BCUT2D eigenvalue weighted by atomic mass is 10.1. The van der Waals surface area contributed by atoms with E-state index in [1.54, 1.807) is 31.4 Å². The lowest BCUT2D eigenvalue weighted by Crippen LogP contribution is -2.40. The number of benzene rings is 1. The Morgan fingerprint density at radius 3 is 2.65 bits per heavy atom. The van der Waals surface area contributed by atoms with Crippen molar-refractivity contribution in [1.82, 2.24) is 14.1 Å². The summed E-state index contributed by atoms with van der Waals surface area (Å²) in [4.78, 5) is 30.2. The highest BCUT2D eigenvalue weighted by Gasteiger charge is 2.19. The summed E-state index contributed by atoms with van der Waals surface area (Å²) in [5.41, 5.74) is 1.09. The average Bonchev–Trinajstić information content (AvgIpc) is 2.63. The number of fused-ring (bicyclic) bond motifs is 1. The van der Waals surface area contributed by atoms with Crippen LogP contribution in [-0.4, -0.2) is 20.7 Å². The van der Waals surface area contributed by atoms with Crippen LogP contribution >= 0.6 is 11.6 Å². The summed E-state index contributed by atoms with van der Waals surface area (Å²) in [7, 11) is 1.60. The van der Waals surface area contributed by atoms with Crippen molar-refractivity contribution < 1.29 is 4.74 Å². The van der Waals surface area contributed by atoms with Crippen molar-refractivity contribution in [3.8, 4) is 5.75 Å². The second-order valence-corrected chi connectivity index (χ2v) is 6.40. The monoisotopic (exact) mass is 373 g/mol. The van der Waals surface area contributed by atoms with Crippen molar-refractivity contribution >= 4 is 22.6 Å². The highest BCUT2D eigenvalue weighted by Crippen LogP contribution is 2.25. The van der Waals surface area contributed by atoms with Gasteiger partial charge >= 0.3 is 5.69 Å². The number of aromatic nitrogens is 3. The number of halogens is 1. The van der Waals surface area contributed by atoms with Gasteiger partial charge in [-0.3, -0.25) is 13.9 Å². The molecule has 1 aromatic carbocycles. The van der Waals surface area contributed by atoms with Crippen LogP contribution in [0.3, 0.4) is 0 Å². The van der Waals surface area contributed by atoms with Gasteiger partial charge < -0.3 is 4.74 Å². The number of pyridine rings is 1. The fourth-order valence-corrected chi connectivity index (χ4v) is 3.20. The first kappa shape index (κ1) is 18.2. The van der Waals surface area contributed by atoms with E-state index < -0.39 is 11.2 Å². The van der Waals surface area contributed by atoms with Gasteiger partial charge in [0.25, 0.3) is 5.56 Å². The molecule has 2 aromatic heterocycles. The van der Waals surface area contributed by atoms with Crippen molar-refractivity contribution in [2.75, 3.05) is 6.61 Å². The van der Waals surface area contributed by atoms with Crippen LogP contribution in [0.15, 0.2) is 40.1 Å². The Labute approximate surface area is 155 Å². The molecule has 0 saturated heterocycles. The van der Waals surface area contributed by atoms with Crippen LogP contribution in [0.2, 0.25) is 5.02 Å². The Morgan fingerprint density at radius 1 is 1.23 bits per heavy atom. The smallest absolute Gasteiger partial charge is 0.332 e. The summed E-state index contributed by atoms with van der Waals surface area (Å²) in [5.74, 6) is 0.500. The molecule has 3 rings (SSSR count). The normalized spacial score (nSPS) is 11.1. The Morgan fingerprint density at radius 2 is 2.00 bits per heavy atom. The van der Waals surface area contributed by atoms with Crippen LogP contribution in [0.1, 0.15) is 25.0 Å². The molecular weight excluding hydrogens is 354 g/mol. The summed E-state index contributed by atoms with van der Waals surface area (Å²) < 4.78 is 8.32. The predicted octanol–water partition coefficient (Wildman–Crippen LogP) is 2.76. The molecule has 7 heteroatoms. The van der Waals surface area contributed by atoms with E-state index in [-0.39, 0.29) is 6.54 Å². The van der Waals surface area contributed by atoms with Gasteiger partial charge in [-0.15, -0.1) is 0 Å². The molecule has 0 N–H and O–H groups in total. The SMILES string of the molecule is CCOc1c(CC)cnc2c1c(=O)n(Cc1cccc(Cl)c1)c(=O)n2C. The molecule has 0 aliphatic carbocycles. The Balaban J connectivity index is 2.32. The first-order valence-electron chi connectivity index (χ1n) is 8.46. The fraction of sp³-hybridized carbons (Fsp3) is 0.316. The maximum absolute atomic E-state index is 13.2. The highest BCUT2D eigenvalue weighted by atomic mass is 35.5. The molecule has 0 bridgehead atoms. The summed E-state index contributed by atoms with van der Waals surface area (Å²) in [6, 6.07) is 7.10. The van der Waals surface area contributed by atoms with Gasteiger partial charge in [-0.2, -0.15) is 0 Å². The Kier molecular flexibility index (Phi) is 5.13. The van der Waals surface area contributed by atoms with Gasteiger partial charge in [-0.1, -0.05) is 30.7 Å². The molecule has 136 valence electrons. The van der Waals surface area contributed by atoms with Crippen LogP contribution in [-0.2, 0) is 20.0 Å². The van der Waals surface area contributed by atoms with Crippen LogP contribution in [0.25, 0.3) is 11.0 Å². The molecular formula is C19H20ClN3O3. The van der Waals surface area contributed by atoms with Crippen molar-refractivity contribution in [2.24, 2.45) is 7.05 Å². The molecule has 0 radical (unpaired) electrons. The second-order valence-electron chi connectivity index (χ2n) is 5.96. The van der Waals surface area contributed by atoms with Crippen LogP contribution in [0.4, 0.5) is 0 Å². The summed E-state index contributed by atoms with van der Waals surface area (Å²) in [5, 5.41) is 0.883. The average molecular weight is 374 g/mol. The third-order valence-electron chi connectivity index (χ3n) is 4.28. The van der Waals surface area contributed by atoms with E-state index in [0.717, 1.165) is 11.1 Å². The lowest BCUT2D eigenvalue weighted by molar-refractivity contribution is 0.340. The maximum atomic E-state index is 13.2. The van der Waals surface area contributed by atoms with E-state index in [4.69, 9.17) is 16.3 Å². The third-order valence-corrected chi connectivity index (χ3v) is 4.51. The van der Waals surface area contributed by atoms with Gasteiger partial charge in [0.1, 0.15) is 11.1 Å². The van der Waals surface area contributed by atoms with E-state index in [9.17, 15) is 9.59 Å². The maximum Gasteiger partial charge on any atom is 0.332 e. The van der Waals surface area contributed by atoms with E-state index in [1.807, 2.05) is 19.9 Å². The molecule has 0 unspecified atom stereocenters. The largest absolute Gasteiger partial charge is 0.493 e. The number of hydrogen-bond acceptors (Lipinski definition) is 4. The summed E-state index contributed by atoms with van der Waals surface area (Å²) in [6.07, 6.45) is 2.34. The standard InChI is InChI=1S/C19H20ClN3O3/c1-4-13-10-21-17-15(16(13)26-5-2)18(24)23(19(25)22(17)3)11-12-7-6-8-14(20)9-12/h6-10H,4-5,11H2,1-3H3. The van der Waals surface area contributed by atoms with Gasteiger partial charge in [-0.05, 0) is 31.0 Å². The molecule has 0 atom stereocenters. The summed E-state index contributed by atoms with van der Waals surface area (Å²) in [6.45, 7) is 4.38.